The lowest BCUT2D eigenvalue weighted by Gasteiger charge is -2.45. The van der Waals surface area contributed by atoms with E-state index >= 15 is 0 Å². The van der Waals surface area contributed by atoms with E-state index in [-0.39, 0.29) is 11.6 Å². The molecule has 0 radical (unpaired) electrons. The van der Waals surface area contributed by atoms with Crippen LogP contribution in [0.4, 0.5) is 13.2 Å². The van der Waals surface area contributed by atoms with E-state index in [9.17, 15) is 13.2 Å². The SMILES string of the molecule is CC1CNC2(CCCC2)CN1CC(F)(F)F. The van der Waals surface area contributed by atoms with E-state index in [2.05, 4.69) is 5.32 Å². The number of rotatable bonds is 1. The molecule has 1 spiro atoms. The quantitative estimate of drug-likeness (QED) is 0.750. The zero-order chi connectivity index (χ0) is 11.8. The summed E-state index contributed by atoms with van der Waals surface area (Å²) in [7, 11) is 0. The lowest BCUT2D eigenvalue weighted by atomic mass is 9.92. The van der Waals surface area contributed by atoms with Crippen LogP contribution in [0.1, 0.15) is 32.6 Å². The van der Waals surface area contributed by atoms with E-state index in [4.69, 9.17) is 0 Å². The summed E-state index contributed by atoms with van der Waals surface area (Å²) >= 11 is 0. The number of nitrogens with one attached hydrogen (secondary N) is 1. The fraction of sp³-hybridized carbons (Fsp3) is 1.00. The molecule has 1 aliphatic heterocycles. The Bertz CT molecular complexity index is 246. The molecule has 2 nitrogen and oxygen atoms in total. The summed E-state index contributed by atoms with van der Waals surface area (Å²) in [5, 5.41) is 3.45. The molecule has 1 N–H and O–H groups in total. The van der Waals surface area contributed by atoms with Crippen LogP contribution in [-0.2, 0) is 0 Å². The van der Waals surface area contributed by atoms with Gasteiger partial charge in [-0.2, -0.15) is 13.2 Å². The van der Waals surface area contributed by atoms with Crippen molar-refractivity contribution in [3.05, 3.63) is 0 Å². The van der Waals surface area contributed by atoms with Crippen LogP contribution in [0.5, 0.6) is 0 Å². The van der Waals surface area contributed by atoms with E-state index in [0.29, 0.717) is 13.1 Å². The molecular formula is C11H19F3N2. The third kappa shape index (κ3) is 2.69. The molecule has 0 amide bonds. The normalized spacial score (nSPS) is 31.1. The van der Waals surface area contributed by atoms with E-state index in [0.717, 1.165) is 25.7 Å². The number of halogens is 3. The molecule has 0 bridgehead atoms. The third-order valence-electron chi connectivity index (χ3n) is 3.84. The van der Waals surface area contributed by atoms with Crippen LogP contribution in [0, 0.1) is 0 Å². The van der Waals surface area contributed by atoms with Gasteiger partial charge in [0.2, 0.25) is 0 Å². The average molecular weight is 236 g/mol. The van der Waals surface area contributed by atoms with Gasteiger partial charge in [0, 0.05) is 24.7 Å². The number of hydrogen-bond acceptors (Lipinski definition) is 2. The van der Waals surface area contributed by atoms with Crippen molar-refractivity contribution in [3.8, 4) is 0 Å². The third-order valence-corrected chi connectivity index (χ3v) is 3.84. The van der Waals surface area contributed by atoms with Crippen LogP contribution >= 0.6 is 0 Å². The van der Waals surface area contributed by atoms with Crippen molar-refractivity contribution in [2.75, 3.05) is 19.6 Å². The topological polar surface area (TPSA) is 15.3 Å². The van der Waals surface area contributed by atoms with Crippen LogP contribution in [0.25, 0.3) is 0 Å². The molecule has 5 heteroatoms. The zero-order valence-electron chi connectivity index (χ0n) is 9.61. The Hall–Kier alpha value is -0.290. The molecule has 2 aliphatic rings. The van der Waals surface area contributed by atoms with Gasteiger partial charge in [-0.25, -0.2) is 0 Å². The molecule has 16 heavy (non-hydrogen) atoms. The molecule has 1 heterocycles. The number of hydrogen-bond donors (Lipinski definition) is 1. The van der Waals surface area contributed by atoms with Crippen molar-refractivity contribution >= 4 is 0 Å². The van der Waals surface area contributed by atoms with E-state index in [1.54, 1.807) is 4.90 Å². The predicted octanol–water partition coefficient (Wildman–Crippen LogP) is 2.16. The molecule has 0 aromatic carbocycles. The maximum Gasteiger partial charge on any atom is 0.401 e. The van der Waals surface area contributed by atoms with Gasteiger partial charge in [0.1, 0.15) is 0 Å². The lowest BCUT2D eigenvalue weighted by molar-refractivity contribution is -0.155. The molecule has 0 aromatic rings. The van der Waals surface area contributed by atoms with Crippen molar-refractivity contribution in [2.45, 2.75) is 50.4 Å². The molecule has 1 saturated carbocycles. The Kier molecular flexibility index (Phi) is 3.18. The first kappa shape index (κ1) is 12.2. The first-order valence-electron chi connectivity index (χ1n) is 5.96. The lowest BCUT2D eigenvalue weighted by Crippen LogP contribution is -2.63. The second-order valence-corrected chi connectivity index (χ2v) is 5.24. The molecule has 2 fully saturated rings. The highest BCUT2D eigenvalue weighted by atomic mass is 19.4. The van der Waals surface area contributed by atoms with Gasteiger partial charge < -0.3 is 5.32 Å². The Balaban J connectivity index is 2.00. The summed E-state index contributed by atoms with van der Waals surface area (Å²) in [4.78, 5) is 1.59. The molecule has 1 atom stereocenters. The largest absolute Gasteiger partial charge is 0.401 e. The Morgan fingerprint density at radius 1 is 1.31 bits per heavy atom. The van der Waals surface area contributed by atoms with Crippen LogP contribution in [0.3, 0.4) is 0 Å². The summed E-state index contributed by atoms with van der Waals surface area (Å²) < 4.78 is 37.3. The van der Waals surface area contributed by atoms with Crippen molar-refractivity contribution in [1.29, 1.82) is 0 Å². The fourth-order valence-corrected chi connectivity index (χ4v) is 2.92. The van der Waals surface area contributed by atoms with Crippen molar-refractivity contribution < 1.29 is 13.2 Å². The van der Waals surface area contributed by atoms with Gasteiger partial charge in [-0.1, -0.05) is 12.8 Å². The summed E-state index contributed by atoms with van der Waals surface area (Å²) in [6, 6.07) is -0.0205. The second kappa shape index (κ2) is 4.18. The molecule has 1 aliphatic carbocycles. The van der Waals surface area contributed by atoms with Crippen LogP contribution in [-0.4, -0.2) is 42.3 Å². The Morgan fingerprint density at radius 2 is 1.94 bits per heavy atom. The van der Waals surface area contributed by atoms with Gasteiger partial charge in [0.15, 0.2) is 0 Å². The summed E-state index contributed by atoms with van der Waals surface area (Å²) in [6.45, 7) is 2.32. The maximum absolute atomic E-state index is 12.4. The molecular weight excluding hydrogens is 217 g/mol. The number of piperazine rings is 1. The summed E-state index contributed by atoms with van der Waals surface area (Å²) in [6.07, 6.45) is 0.246. The minimum atomic E-state index is -4.08. The molecule has 1 unspecified atom stereocenters. The Morgan fingerprint density at radius 3 is 2.50 bits per heavy atom. The maximum atomic E-state index is 12.4. The summed E-state index contributed by atoms with van der Waals surface area (Å²) in [5.41, 5.74) is -0.0300. The van der Waals surface area contributed by atoms with Crippen molar-refractivity contribution in [2.24, 2.45) is 0 Å². The standard InChI is InChI=1S/C11H19F3N2/c1-9-6-15-10(4-2-3-5-10)7-16(9)8-11(12,13)14/h9,15H,2-8H2,1H3. The zero-order valence-corrected chi connectivity index (χ0v) is 9.61. The smallest absolute Gasteiger partial charge is 0.308 e. The fourth-order valence-electron chi connectivity index (χ4n) is 2.92. The number of alkyl halides is 3. The predicted molar refractivity (Wildman–Crippen MR) is 56.3 cm³/mol. The van der Waals surface area contributed by atoms with E-state index in [1.165, 1.54) is 0 Å². The molecule has 1 saturated heterocycles. The molecule has 0 aromatic heterocycles. The molecule has 94 valence electrons. The van der Waals surface area contributed by atoms with Gasteiger partial charge in [0.25, 0.3) is 0 Å². The van der Waals surface area contributed by atoms with E-state index in [1.807, 2.05) is 6.92 Å². The first-order chi connectivity index (χ1) is 7.40. The second-order valence-electron chi connectivity index (χ2n) is 5.24. The van der Waals surface area contributed by atoms with Crippen molar-refractivity contribution in [1.82, 2.24) is 10.2 Å². The Labute approximate surface area is 94.2 Å². The van der Waals surface area contributed by atoms with Gasteiger partial charge in [-0.3, -0.25) is 4.90 Å². The highest BCUT2D eigenvalue weighted by Gasteiger charge is 2.43. The first-order valence-corrected chi connectivity index (χ1v) is 5.96. The van der Waals surface area contributed by atoms with Crippen molar-refractivity contribution in [3.63, 3.8) is 0 Å². The molecule has 2 rings (SSSR count). The van der Waals surface area contributed by atoms with Gasteiger partial charge >= 0.3 is 6.18 Å². The summed E-state index contributed by atoms with van der Waals surface area (Å²) in [5.74, 6) is 0. The average Bonchev–Trinajstić information content (AvgIpc) is 2.58. The van der Waals surface area contributed by atoms with Crippen LogP contribution in [0.15, 0.2) is 0 Å². The van der Waals surface area contributed by atoms with Gasteiger partial charge in [-0.05, 0) is 19.8 Å². The van der Waals surface area contributed by atoms with Gasteiger partial charge in [-0.15, -0.1) is 0 Å². The van der Waals surface area contributed by atoms with E-state index < -0.39 is 12.7 Å². The monoisotopic (exact) mass is 236 g/mol. The van der Waals surface area contributed by atoms with Gasteiger partial charge in [0.05, 0.1) is 6.54 Å². The number of nitrogens with zero attached hydrogens (tertiary/aromatic N) is 1. The van der Waals surface area contributed by atoms with Crippen LogP contribution in [0.2, 0.25) is 0 Å². The minimum Gasteiger partial charge on any atom is -0.308 e. The highest BCUT2D eigenvalue weighted by molar-refractivity contribution is 5.00. The van der Waals surface area contributed by atoms with Crippen LogP contribution < -0.4 is 5.32 Å². The highest BCUT2D eigenvalue weighted by Crippen LogP contribution is 2.34. The minimum absolute atomic E-state index is 0.0205.